The van der Waals surface area contributed by atoms with E-state index in [1.807, 2.05) is 11.7 Å². The Hall–Kier alpha value is -1.35. The molecule has 0 saturated heterocycles. The average Bonchev–Trinajstić information content (AvgIpc) is 2.82. The summed E-state index contributed by atoms with van der Waals surface area (Å²) >= 11 is 0. The van der Waals surface area contributed by atoms with Gasteiger partial charge in [0.15, 0.2) is 0 Å². The zero-order chi connectivity index (χ0) is 14.8. The van der Waals surface area contributed by atoms with Crippen molar-refractivity contribution in [1.82, 2.24) is 15.1 Å². The van der Waals surface area contributed by atoms with E-state index in [1.165, 1.54) is 42.3 Å². The molecule has 1 aliphatic rings. The van der Waals surface area contributed by atoms with Gasteiger partial charge in [-0.3, -0.25) is 4.68 Å². The van der Waals surface area contributed by atoms with Crippen LogP contribution >= 0.6 is 0 Å². The first-order chi connectivity index (χ1) is 10.2. The Morgan fingerprint density at radius 2 is 2.00 bits per heavy atom. The van der Waals surface area contributed by atoms with E-state index >= 15 is 0 Å². The first kappa shape index (κ1) is 14.6. The Morgan fingerprint density at radius 3 is 2.81 bits per heavy atom. The molecule has 0 amide bonds. The summed E-state index contributed by atoms with van der Waals surface area (Å²) in [7, 11) is 2.03. The van der Waals surface area contributed by atoms with E-state index in [4.69, 9.17) is 5.10 Å². The molecular formula is C18H27N3. The van der Waals surface area contributed by atoms with Crippen molar-refractivity contribution in [3.8, 4) is 0 Å². The molecule has 2 aromatic rings. The number of benzene rings is 1. The topological polar surface area (TPSA) is 29.9 Å². The molecular weight excluding hydrogens is 258 g/mol. The molecule has 1 heterocycles. The highest BCUT2D eigenvalue weighted by Crippen LogP contribution is 2.30. The van der Waals surface area contributed by atoms with Crippen molar-refractivity contribution in [2.75, 3.05) is 0 Å². The molecule has 0 spiro atoms. The Bertz CT molecular complexity index is 600. The molecule has 3 rings (SSSR count). The number of aryl methyl sites for hydroxylation is 1. The van der Waals surface area contributed by atoms with E-state index in [2.05, 4.69) is 43.4 Å². The van der Waals surface area contributed by atoms with Gasteiger partial charge in [0.1, 0.15) is 0 Å². The van der Waals surface area contributed by atoms with Crippen LogP contribution < -0.4 is 5.32 Å². The number of rotatable bonds is 4. The smallest absolute Gasteiger partial charge is 0.0841 e. The quantitative estimate of drug-likeness (QED) is 0.924. The highest BCUT2D eigenvalue weighted by Gasteiger charge is 2.27. The van der Waals surface area contributed by atoms with E-state index in [9.17, 15) is 0 Å². The zero-order valence-corrected chi connectivity index (χ0v) is 13.5. The highest BCUT2D eigenvalue weighted by atomic mass is 15.3. The van der Waals surface area contributed by atoms with Crippen LogP contribution in [0.25, 0.3) is 10.9 Å². The number of nitrogens with one attached hydrogen (secondary N) is 1. The lowest BCUT2D eigenvalue weighted by molar-refractivity contribution is 0.204. The van der Waals surface area contributed by atoms with Crippen LogP contribution in [0.5, 0.6) is 0 Å². The Kier molecular flexibility index (Phi) is 4.29. The number of nitrogens with zero attached hydrogens (tertiary/aromatic N) is 2. The third kappa shape index (κ3) is 2.98. The number of aromatic nitrogens is 2. The van der Waals surface area contributed by atoms with Gasteiger partial charge in [0.25, 0.3) is 0 Å². The van der Waals surface area contributed by atoms with Crippen LogP contribution in [0.2, 0.25) is 0 Å². The summed E-state index contributed by atoms with van der Waals surface area (Å²) < 4.78 is 1.99. The number of fused-ring (bicyclic) bond motifs is 1. The molecule has 21 heavy (non-hydrogen) atoms. The van der Waals surface area contributed by atoms with Crippen LogP contribution in [0.15, 0.2) is 24.3 Å². The summed E-state index contributed by atoms with van der Waals surface area (Å²) in [4.78, 5) is 0. The standard InChI is InChI=1S/C18H27N3/c1-13(2)14-8-4-6-10-16(14)19-12-17-15-9-5-7-11-18(15)21(3)20-17/h5,7,9,11,13-14,16,19H,4,6,8,10,12H2,1-3H3. The lowest BCUT2D eigenvalue weighted by Gasteiger charge is -2.35. The van der Waals surface area contributed by atoms with E-state index in [0.717, 1.165) is 18.4 Å². The van der Waals surface area contributed by atoms with Crippen molar-refractivity contribution in [3.63, 3.8) is 0 Å². The fourth-order valence-corrected chi connectivity index (χ4v) is 3.86. The Labute approximate surface area is 127 Å². The third-order valence-corrected chi connectivity index (χ3v) is 5.04. The SMILES string of the molecule is CC(C)C1CCCCC1NCc1nn(C)c2ccccc12. The number of hydrogen-bond acceptors (Lipinski definition) is 2. The van der Waals surface area contributed by atoms with Crippen LogP contribution in [0.1, 0.15) is 45.2 Å². The molecule has 1 aliphatic carbocycles. The molecule has 0 radical (unpaired) electrons. The van der Waals surface area contributed by atoms with Gasteiger partial charge in [-0.1, -0.05) is 44.9 Å². The third-order valence-electron chi connectivity index (χ3n) is 5.04. The molecule has 0 aliphatic heterocycles. The minimum Gasteiger partial charge on any atom is -0.308 e. The lowest BCUT2D eigenvalue weighted by atomic mass is 9.78. The van der Waals surface area contributed by atoms with Gasteiger partial charge in [0.05, 0.1) is 11.2 Å². The molecule has 1 saturated carbocycles. The van der Waals surface area contributed by atoms with E-state index in [-0.39, 0.29) is 0 Å². The molecule has 2 unspecified atom stereocenters. The van der Waals surface area contributed by atoms with Gasteiger partial charge in [0, 0.05) is 25.0 Å². The van der Waals surface area contributed by atoms with Crippen molar-refractivity contribution in [2.45, 2.75) is 52.1 Å². The van der Waals surface area contributed by atoms with E-state index in [0.29, 0.717) is 6.04 Å². The minimum absolute atomic E-state index is 0.652. The van der Waals surface area contributed by atoms with Crippen LogP contribution in [0.3, 0.4) is 0 Å². The van der Waals surface area contributed by atoms with Crippen LogP contribution in [0, 0.1) is 11.8 Å². The van der Waals surface area contributed by atoms with Crippen molar-refractivity contribution in [2.24, 2.45) is 18.9 Å². The summed E-state index contributed by atoms with van der Waals surface area (Å²) in [6, 6.07) is 9.16. The molecule has 1 aromatic carbocycles. The second-order valence-corrected chi connectivity index (χ2v) is 6.77. The van der Waals surface area contributed by atoms with Gasteiger partial charge >= 0.3 is 0 Å². The van der Waals surface area contributed by atoms with Gasteiger partial charge in [-0.2, -0.15) is 5.10 Å². The molecule has 3 heteroatoms. The van der Waals surface area contributed by atoms with Crippen LogP contribution in [-0.4, -0.2) is 15.8 Å². The van der Waals surface area contributed by atoms with Gasteiger partial charge in [-0.15, -0.1) is 0 Å². The molecule has 3 nitrogen and oxygen atoms in total. The molecule has 114 valence electrons. The largest absolute Gasteiger partial charge is 0.308 e. The van der Waals surface area contributed by atoms with Crippen molar-refractivity contribution >= 4 is 10.9 Å². The predicted octanol–water partition coefficient (Wildman–Crippen LogP) is 3.88. The Balaban J connectivity index is 1.74. The Morgan fingerprint density at radius 1 is 1.24 bits per heavy atom. The number of para-hydroxylation sites is 1. The summed E-state index contributed by atoms with van der Waals surface area (Å²) in [5.74, 6) is 1.58. The lowest BCUT2D eigenvalue weighted by Crippen LogP contribution is -2.40. The normalized spacial score (nSPS) is 23.0. The first-order valence-electron chi connectivity index (χ1n) is 8.31. The fourth-order valence-electron chi connectivity index (χ4n) is 3.86. The molecule has 2 atom stereocenters. The zero-order valence-electron chi connectivity index (χ0n) is 13.5. The second-order valence-electron chi connectivity index (χ2n) is 6.77. The van der Waals surface area contributed by atoms with Crippen LogP contribution in [0.4, 0.5) is 0 Å². The average molecular weight is 285 g/mol. The van der Waals surface area contributed by atoms with Gasteiger partial charge in [-0.05, 0) is 30.7 Å². The summed E-state index contributed by atoms with van der Waals surface area (Å²) in [5, 5.41) is 9.78. The monoisotopic (exact) mass is 285 g/mol. The summed E-state index contributed by atoms with van der Waals surface area (Å²) in [6.45, 7) is 5.61. The molecule has 0 bridgehead atoms. The molecule has 1 fully saturated rings. The van der Waals surface area contributed by atoms with Crippen molar-refractivity contribution in [1.29, 1.82) is 0 Å². The second kappa shape index (κ2) is 6.18. The summed E-state index contributed by atoms with van der Waals surface area (Å²) in [6.07, 6.45) is 5.45. The minimum atomic E-state index is 0.652. The fraction of sp³-hybridized carbons (Fsp3) is 0.611. The molecule has 1 aromatic heterocycles. The van der Waals surface area contributed by atoms with Gasteiger partial charge in [-0.25, -0.2) is 0 Å². The summed E-state index contributed by atoms with van der Waals surface area (Å²) in [5.41, 5.74) is 2.40. The van der Waals surface area contributed by atoms with Gasteiger partial charge in [0.2, 0.25) is 0 Å². The van der Waals surface area contributed by atoms with Crippen LogP contribution in [-0.2, 0) is 13.6 Å². The van der Waals surface area contributed by atoms with Crippen molar-refractivity contribution < 1.29 is 0 Å². The van der Waals surface area contributed by atoms with E-state index in [1.54, 1.807) is 0 Å². The predicted molar refractivity (Wildman–Crippen MR) is 88.1 cm³/mol. The highest BCUT2D eigenvalue weighted by molar-refractivity contribution is 5.81. The van der Waals surface area contributed by atoms with E-state index < -0.39 is 0 Å². The maximum atomic E-state index is 4.70. The van der Waals surface area contributed by atoms with Crippen molar-refractivity contribution in [3.05, 3.63) is 30.0 Å². The maximum absolute atomic E-state index is 4.70. The van der Waals surface area contributed by atoms with Gasteiger partial charge < -0.3 is 5.32 Å². The molecule has 1 N–H and O–H groups in total. The number of hydrogen-bond donors (Lipinski definition) is 1. The maximum Gasteiger partial charge on any atom is 0.0841 e. The first-order valence-corrected chi connectivity index (χ1v) is 8.31.